The molecule has 0 aliphatic carbocycles. The molecule has 0 amide bonds. The standard InChI is InChI=1S/C11H11F2NO/c1-5-8-3-7(12)4-9(13)11(8)15-10(5)6(2)14/h3-4,6H,14H2,1-2H3. The summed E-state index contributed by atoms with van der Waals surface area (Å²) < 4.78 is 31.6. The van der Waals surface area contributed by atoms with Crippen LogP contribution in [0.5, 0.6) is 0 Å². The highest BCUT2D eigenvalue weighted by Gasteiger charge is 2.17. The Morgan fingerprint density at radius 3 is 2.60 bits per heavy atom. The van der Waals surface area contributed by atoms with E-state index in [0.29, 0.717) is 16.7 Å². The molecule has 0 aliphatic heterocycles. The van der Waals surface area contributed by atoms with Gasteiger partial charge in [-0.3, -0.25) is 0 Å². The van der Waals surface area contributed by atoms with Crippen LogP contribution in [0.3, 0.4) is 0 Å². The SMILES string of the molecule is Cc1c(C(C)N)oc2c(F)cc(F)cc12. The van der Waals surface area contributed by atoms with Crippen molar-refractivity contribution in [1.82, 2.24) is 0 Å². The van der Waals surface area contributed by atoms with Crippen molar-refractivity contribution in [1.29, 1.82) is 0 Å². The molecule has 2 nitrogen and oxygen atoms in total. The van der Waals surface area contributed by atoms with E-state index in [2.05, 4.69) is 0 Å². The van der Waals surface area contributed by atoms with Gasteiger partial charge in [0.2, 0.25) is 0 Å². The van der Waals surface area contributed by atoms with Crippen LogP contribution in [0.4, 0.5) is 8.78 Å². The number of rotatable bonds is 1. The second-order valence-corrected chi connectivity index (χ2v) is 3.64. The highest BCUT2D eigenvalue weighted by atomic mass is 19.1. The average Bonchev–Trinajstić information content (AvgIpc) is 2.44. The molecule has 0 saturated carbocycles. The number of nitrogens with two attached hydrogens (primary N) is 1. The number of fused-ring (bicyclic) bond motifs is 1. The van der Waals surface area contributed by atoms with Gasteiger partial charge in [-0.2, -0.15) is 0 Å². The van der Waals surface area contributed by atoms with Crippen LogP contribution in [0.15, 0.2) is 16.5 Å². The van der Waals surface area contributed by atoms with E-state index in [1.165, 1.54) is 6.07 Å². The van der Waals surface area contributed by atoms with Gasteiger partial charge < -0.3 is 10.2 Å². The van der Waals surface area contributed by atoms with Gasteiger partial charge in [0.15, 0.2) is 11.4 Å². The van der Waals surface area contributed by atoms with Crippen molar-refractivity contribution in [2.24, 2.45) is 5.73 Å². The number of halogens is 2. The van der Waals surface area contributed by atoms with Crippen molar-refractivity contribution in [2.75, 3.05) is 0 Å². The first-order valence-electron chi connectivity index (χ1n) is 4.64. The maximum atomic E-state index is 13.3. The highest BCUT2D eigenvalue weighted by Crippen LogP contribution is 2.30. The molecule has 1 atom stereocenters. The van der Waals surface area contributed by atoms with Crippen LogP contribution in [0.25, 0.3) is 11.0 Å². The molecule has 1 unspecified atom stereocenters. The summed E-state index contributed by atoms with van der Waals surface area (Å²) in [5.74, 6) is -0.811. The van der Waals surface area contributed by atoms with Gasteiger partial charge in [0.05, 0.1) is 6.04 Å². The van der Waals surface area contributed by atoms with Gasteiger partial charge in [0.25, 0.3) is 0 Å². The van der Waals surface area contributed by atoms with Crippen LogP contribution < -0.4 is 5.73 Å². The predicted octanol–water partition coefficient (Wildman–Crippen LogP) is 3.04. The fourth-order valence-corrected chi connectivity index (χ4v) is 1.70. The van der Waals surface area contributed by atoms with Crippen molar-refractivity contribution in [2.45, 2.75) is 19.9 Å². The Balaban J connectivity index is 2.82. The van der Waals surface area contributed by atoms with Crippen LogP contribution >= 0.6 is 0 Å². The van der Waals surface area contributed by atoms with Crippen LogP contribution in [0.2, 0.25) is 0 Å². The lowest BCUT2D eigenvalue weighted by atomic mass is 10.1. The summed E-state index contributed by atoms with van der Waals surface area (Å²) in [6.45, 7) is 3.47. The fraction of sp³-hybridized carbons (Fsp3) is 0.273. The van der Waals surface area contributed by atoms with Gasteiger partial charge >= 0.3 is 0 Å². The van der Waals surface area contributed by atoms with Crippen LogP contribution in [-0.4, -0.2) is 0 Å². The number of aryl methyl sites for hydroxylation is 1. The van der Waals surface area contributed by atoms with E-state index in [1.807, 2.05) is 0 Å². The van der Waals surface area contributed by atoms with Crippen molar-refractivity contribution in [3.8, 4) is 0 Å². The minimum Gasteiger partial charge on any atom is -0.456 e. The monoisotopic (exact) mass is 211 g/mol. The largest absolute Gasteiger partial charge is 0.456 e. The lowest BCUT2D eigenvalue weighted by Gasteiger charge is -2.00. The Morgan fingerprint density at radius 2 is 2.00 bits per heavy atom. The third-order valence-electron chi connectivity index (χ3n) is 2.41. The van der Waals surface area contributed by atoms with Crippen molar-refractivity contribution in [3.63, 3.8) is 0 Å². The number of hydrogen-bond donors (Lipinski definition) is 1. The second-order valence-electron chi connectivity index (χ2n) is 3.64. The summed E-state index contributed by atoms with van der Waals surface area (Å²) in [6, 6.07) is 1.72. The zero-order valence-corrected chi connectivity index (χ0v) is 8.47. The molecule has 0 saturated heterocycles. The second kappa shape index (κ2) is 3.31. The van der Waals surface area contributed by atoms with Gasteiger partial charge in [0.1, 0.15) is 11.6 Å². The van der Waals surface area contributed by atoms with E-state index < -0.39 is 11.6 Å². The Labute approximate surface area is 85.7 Å². The van der Waals surface area contributed by atoms with E-state index in [0.717, 1.165) is 6.07 Å². The Hall–Kier alpha value is -1.42. The normalized spacial score (nSPS) is 13.4. The van der Waals surface area contributed by atoms with Gasteiger partial charge in [-0.15, -0.1) is 0 Å². The predicted molar refractivity (Wildman–Crippen MR) is 53.5 cm³/mol. The first-order chi connectivity index (χ1) is 7.00. The molecule has 0 fully saturated rings. The number of benzene rings is 1. The minimum atomic E-state index is -0.694. The molecule has 1 heterocycles. The molecule has 0 spiro atoms. The summed E-state index contributed by atoms with van der Waals surface area (Å²) >= 11 is 0. The van der Waals surface area contributed by atoms with Crippen LogP contribution in [-0.2, 0) is 0 Å². The van der Waals surface area contributed by atoms with Gasteiger partial charge in [0, 0.05) is 17.0 Å². The molecule has 15 heavy (non-hydrogen) atoms. The molecule has 1 aromatic carbocycles. The molecule has 4 heteroatoms. The molecule has 0 aliphatic rings. The molecular formula is C11H11F2NO. The maximum Gasteiger partial charge on any atom is 0.170 e. The fourth-order valence-electron chi connectivity index (χ4n) is 1.70. The number of furan rings is 1. The van der Waals surface area contributed by atoms with Crippen molar-refractivity contribution >= 4 is 11.0 Å². The van der Waals surface area contributed by atoms with Gasteiger partial charge in [-0.05, 0) is 19.9 Å². The van der Waals surface area contributed by atoms with Crippen molar-refractivity contribution in [3.05, 3.63) is 35.1 Å². The summed E-state index contributed by atoms with van der Waals surface area (Å²) in [5, 5.41) is 0.444. The molecule has 80 valence electrons. The molecule has 0 bridgehead atoms. The smallest absolute Gasteiger partial charge is 0.170 e. The van der Waals surface area contributed by atoms with Gasteiger partial charge in [-0.1, -0.05) is 0 Å². The molecule has 2 N–H and O–H groups in total. The lowest BCUT2D eigenvalue weighted by molar-refractivity contribution is 0.487. The Kier molecular flexibility index (Phi) is 2.23. The number of hydrogen-bond acceptors (Lipinski definition) is 2. The molecule has 1 aromatic heterocycles. The maximum absolute atomic E-state index is 13.3. The summed E-state index contributed by atoms with van der Waals surface area (Å²) in [4.78, 5) is 0. The van der Waals surface area contributed by atoms with E-state index in [-0.39, 0.29) is 11.6 Å². The zero-order chi connectivity index (χ0) is 11.2. The van der Waals surface area contributed by atoms with E-state index in [9.17, 15) is 8.78 Å². The lowest BCUT2D eigenvalue weighted by Crippen LogP contribution is -2.04. The summed E-state index contributed by atoms with van der Waals surface area (Å²) in [5.41, 5.74) is 6.42. The quantitative estimate of drug-likeness (QED) is 0.787. The van der Waals surface area contributed by atoms with Gasteiger partial charge in [-0.25, -0.2) is 8.78 Å². The van der Waals surface area contributed by atoms with E-state index in [1.54, 1.807) is 13.8 Å². The van der Waals surface area contributed by atoms with E-state index in [4.69, 9.17) is 10.2 Å². The third kappa shape index (κ3) is 1.51. The van der Waals surface area contributed by atoms with Crippen LogP contribution in [0, 0.1) is 18.6 Å². The first-order valence-corrected chi connectivity index (χ1v) is 4.64. The summed E-state index contributed by atoms with van der Waals surface area (Å²) in [7, 11) is 0. The zero-order valence-electron chi connectivity index (χ0n) is 8.47. The third-order valence-corrected chi connectivity index (χ3v) is 2.41. The molecule has 2 aromatic rings. The average molecular weight is 211 g/mol. The molecule has 0 radical (unpaired) electrons. The Bertz CT molecular complexity index is 517. The van der Waals surface area contributed by atoms with Crippen molar-refractivity contribution < 1.29 is 13.2 Å². The molecule has 2 rings (SSSR count). The topological polar surface area (TPSA) is 39.2 Å². The minimum absolute atomic E-state index is 0.0706. The Morgan fingerprint density at radius 1 is 1.33 bits per heavy atom. The molecular weight excluding hydrogens is 200 g/mol. The highest BCUT2D eigenvalue weighted by molar-refractivity contribution is 5.82. The first kappa shape index (κ1) is 10.1. The van der Waals surface area contributed by atoms with Crippen LogP contribution in [0.1, 0.15) is 24.3 Å². The van der Waals surface area contributed by atoms with E-state index >= 15 is 0 Å². The summed E-state index contributed by atoms with van der Waals surface area (Å²) in [6.07, 6.45) is 0.